The number of amides is 1. The number of hydrazine groups is 1. The van der Waals surface area contributed by atoms with Gasteiger partial charge in [0.1, 0.15) is 11.5 Å². The van der Waals surface area contributed by atoms with Crippen molar-refractivity contribution in [2.45, 2.75) is 4.90 Å². The Bertz CT molecular complexity index is 1070. The Morgan fingerprint density at radius 2 is 1.48 bits per heavy atom. The molecule has 7 nitrogen and oxygen atoms in total. The maximum Gasteiger partial charge on any atom is 0.266 e. The monoisotopic (exact) mass is 386 g/mol. The van der Waals surface area contributed by atoms with Gasteiger partial charge >= 0.3 is 0 Å². The van der Waals surface area contributed by atoms with Crippen molar-refractivity contribution in [3.05, 3.63) is 66.2 Å². The average Bonchev–Trinajstić information content (AvgIpc) is 2.71. The normalized spacial score (nSPS) is 11.2. The molecule has 0 saturated heterocycles. The lowest BCUT2D eigenvalue weighted by molar-refractivity contribution is 0.0944. The summed E-state index contributed by atoms with van der Waals surface area (Å²) in [6.07, 6.45) is 0. The first-order valence-corrected chi connectivity index (χ1v) is 9.45. The fraction of sp³-hybridized carbons (Fsp3) is 0.105. The standard InChI is InChI=1S/C19H18N2O5S/c1-25-16-9-15(10-17(12-16)26-2)19(22)20-21-27(23,24)18-8-7-13-5-3-4-6-14(13)11-18/h3-12,21H,1-2H3,(H,20,22). The van der Waals surface area contributed by atoms with Crippen LogP contribution in [0.2, 0.25) is 0 Å². The second-order valence-corrected chi connectivity index (χ2v) is 7.35. The summed E-state index contributed by atoms with van der Waals surface area (Å²) in [5.41, 5.74) is 2.39. The van der Waals surface area contributed by atoms with Gasteiger partial charge in [-0.1, -0.05) is 30.3 Å². The highest BCUT2D eigenvalue weighted by Crippen LogP contribution is 2.22. The van der Waals surface area contributed by atoms with Gasteiger partial charge in [-0.15, -0.1) is 4.83 Å². The van der Waals surface area contributed by atoms with Crippen LogP contribution in [0.15, 0.2) is 65.6 Å². The minimum Gasteiger partial charge on any atom is -0.497 e. The molecule has 2 N–H and O–H groups in total. The molecule has 0 atom stereocenters. The van der Waals surface area contributed by atoms with Crippen LogP contribution in [0, 0.1) is 0 Å². The molecule has 0 fully saturated rings. The van der Waals surface area contributed by atoms with Crippen molar-refractivity contribution in [1.82, 2.24) is 10.3 Å². The summed E-state index contributed by atoms with van der Waals surface area (Å²) < 4.78 is 35.2. The van der Waals surface area contributed by atoms with Gasteiger partial charge in [0.05, 0.1) is 19.1 Å². The zero-order chi connectivity index (χ0) is 19.4. The maximum atomic E-state index is 12.5. The van der Waals surface area contributed by atoms with Crippen LogP contribution in [-0.4, -0.2) is 28.5 Å². The molecule has 27 heavy (non-hydrogen) atoms. The molecule has 8 heteroatoms. The fourth-order valence-corrected chi connectivity index (χ4v) is 3.39. The van der Waals surface area contributed by atoms with E-state index in [-0.39, 0.29) is 10.5 Å². The van der Waals surface area contributed by atoms with E-state index in [2.05, 4.69) is 10.3 Å². The van der Waals surface area contributed by atoms with E-state index in [4.69, 9.17) is 9.47 Å². The van der Waals surface area contributed by atoms with Crippen molar-refractivity contribution in [1.29, 1.82) is 0 Å². The Morgan fingerprint density at radius 1 is 0.852 bits per heavy atom. The topological polar surface area (TPSA) is 93.7 Å². The minimum absolute atomic E-state index is 0.0460. The molecule has 0 saturated carbocycles. The quantitative estimate of drug-likeness (QED) is 0.635. The summed E-state index contributed by atoms with van der Waals surface area (Å²) in [6, 6.07) is 16.7. The molecule has 0 bridgehead atoms. The van der Waals surface area contributed by atoms with Crippen LogP contribution in [0.4, 0.5) is 0 Å². The zero-order valence-corrected chi connectivity index (χ0v) is 15.5. The third-order valence-corrected chi connectivity index (χ3v) is 5.19. The predicted molar refractivity (Wildman–Crippen MR) is 101 cm³/mol. The number of carbonyl (C=O) groups excluding carboxylic acids is 1. The second kappa shape index (κ2) is 7.65. The Morgan fingerprint density at radius 3 is 2.11 bits per heavy atom. The van der Waals surface area contributed by atoms with E-state index in [0.717, 1.165) is 10.8 Å². The van der Waals surface area contributed by atoms with Crippen LogP contribution in [0.25, 0.3) is 10.8 Å². The molecule has 140 valence electrons. The summed E-state index contributed by atoms with van der Waals surface area (Å²) >= 11 is 0. The van der Waals surface area contributed by atoms with E-state index in [9.17, 15) is 13.2 Å². The SMILES string of the molecule is COc1cc(OC)cc(C(=O)NNS(=O)(=O)c2ccc3ccccc3c2)c1. The van der Waals surface area contributed by atoms with E-state index in [1.165, 1.54) is 32.4 Å². The first-order valence-electron chi connectivity index (χ1n) is 7.97. The molecule has 0 heterocycles. The number of hydrogen-bond donors (Lipinski definition) is 2. The van der Waals surface area contributed by atoms with Crippen LogP contribution in [0.1, 0.15) is 10.4 Å². The van der Waals surface area contributed by atoms with Crippen molar-refractivity contribution in [3.63, 3.8) is 0 Å². The number of fused-ring (bicyclic) bond motifs is 1. The Kier molecular flexibility index (Phi) is 5.29. The largest absolute Gasteiger partial charge is 0.497 e. The number of benzene rings is 3. The Hall–Kier alpha value is -3.10. The van der Waals surface area contributed by atoms with Crippen molar-refractivity contribution in [2.24, 2.45) is 0 Å². The fourth-order valence-electron chi connectivity index (χ4n) is 2.52. The minimum atomic E-state index is -3.93. The molecule has 0 radical (unpaired) electrons. The van der Waals surface area contributed by atoms with Crippen LogP contribution in [-0.2, 0) is 10.0 Å². The average molecular weight is 386 g/mol. The number of nitrogens with one attached hydrogen (secondary N) is 2. The van der Waals surface area contributed by atoms with E-state index in [0.29, 0.717) is 11.5 Å². The highest BCUT2D eigenvalue weighted by atomic mass is 32.2. The van der Waals surface area contributed by atoms with Crippen LogP contribution < -0.4 is 19.7 Å². The lowest BCUT2D eigenvalue weighted by Gasteiger charge is -2.11. The lowest BCUT2D eigenvalue weighted by atomic mass is 10.1. The molecule has 3 aromatic rings. The highest BCUT2D eigenvalue weighted by molar-refractivity contribution is 7.89. The summed E-state index contributed by atoms with van der Waals surface area (Å²) in [5.74, 6) is 0.185. The Labute approximate surface area is 156 Å². The summed E-state index contributed by atoms with van der Waals surface area (Å²) in [4.78, 5) is 14.5. The van der Waals surface area contributed by atoms with E-state index < -0.39 is 15.9 Å². The molecular formula is C19H18N2O5S. The molecular weight excluding hydrogens is 368 g/mol. The van der Waals surface area contributed by atoms with Crippen molar-refractivity contribution in [2.75, 3.05) is 14.2 Å². The van der Waals surface area contributed by atoms with Gasteiger partial charge in [-0.25, -0.2) is 8.42 Å². The van der Waals surface area contributed by atoms with Gasteiger partial charge in [0.2, 0.25) is 0 Å². The lowest BCUT2D eigenvalue weighted by Crippen LogP contribution is -2.41. The maximum absolute atomic E-state index is 12.5. The molecule has 0 spiro atoms. The number of carbonyl (C=O) groups is 1. The van der Waals surface area contributed by atoms with Gasteiger partial charge in [-0.3, -0.25) is 10.2 Å². The van der Waals surface area contributed by atoms with Crippen molar-refractivity contribution >= 4 is 26.7 Å². The number of hydrogen-bond acceptors (Lipinski definition) is 5. The molecule has 0 aromatic heterocycles. The number of sulfonamides is 1. The van der Waals surface area contributed by atoms with Crippen molar-refractivity contribution in [3.8, 4) is 11.5 Å². The number of ether oxygens (including phenoxy) is 2. The molecule has 0 aliphatic rings. The van der Waals surface area contributed by atoms with E-state index in [1.807, 2.05) is 24.3 Å². The van der Waals surface area contributed by atoms with Crippen LogP contribution >= 0.6 is 0 Å². The first kappa shape index (κ1) is 18.7. The van der Waals surface area contributed by atoms with Gasteiger partial charge in [0, 0.05) is 11.6 Å². The van der Waals surface area contributed by atoms with Crippen LogP contribution in [0.3, 0.4) is 0 Å². The Balaban J connectivity index is 1.79. The first-order chi connectivity index (χ1) is 12.9. The van der Waals surface area contributed by atoms with E-state index in [1.54, 1.807) is 18.2 Å². The summed E-state index contributed by atoms with van der Waals surface area (Å²) in [7, 11) is -1.02. The van der Waals surface area contributed by atoms with Gasteiger partial charge in [-0.2, -0.15) is 0 Å². The zero-order valence-electron chi connectivity index (χ0n) is 14.7. The predicted octanol–water partition coefficient (Wildman–Crippen LogP) is 2.48. The molecule has 0 aliphatic carbocycles. The van der Waals surface area contributed by atoms with Gasteiger partial charge in [0.25, 0.3) is 15.9 Å². The number of rotatable bonds is 6. The van der Waals surface area contributed by atoms with Crippen molar-refractivity contribution < 1.29 is 22.7 Å². The van der Waals surface area contributed by atoms with Crippen LogP contribution in [0.5, 0.6) is 11.5 Å². The van der Waals surface area contributed by atoms with Gasteiger partial charge < -0.3 is 9.47 Å². The molecule has 1 amide bonds. The molecule has 0 aliphatic heterocycles. The van der Waals surface area contributed by atoms with Gasteiger partial charge in [-0.05, 0) is 35.0 Å². The third-order valence-electron chi connectivity index (χ3n) is 3.94. The molecule has 3 aromatic carbocycles. The summed E-state index contributed by atoms with van der Waals surface area (Å²) in [6.45, 7) is 0. The molecule has 0 unspecified atom stereocenters. The highest BCUT2D eigenvalue weighted by Gasteiger charge is 2.17. The summed E-state index contributed by atoms with van der Waals surface area (Å²) in [5, 5.41) is 1.70. The van der Waals surface area contributed by atoms with Gasteiger partial charge in [0.15, 0.2) is 0 Å². The third kappa shape index (κ3) is 4.18. The van der Waals surface area contributed by atoms with E-state index >= 15 is 0 Å². The number of methoxy groups -OCH3 is 2. The molecule has 3 rings (SSSR count). The second-order valence-electron chi connectivity index (χ2n) is 5.67. The smallest absolute Gasteiger partial charge is 0.266 e.